The molecule has 0 saturated carbocycles. The summed E-state index contributed by atoms with van der Waals surface area (Å²) in [6.45, 7) is 5.95. The molecule has 0 spiro atoms. The maximum absolute atomic E-state index is 12.2. The second-order valence-corrected chi connectivity index (χ2v) is 9.00. The van der Waals surface area contributed by atoms with Crippen molar-refractivity contribution < 1.29 is 4.55 Å². The molecule has 7 heteroatoms. The van der Waals surface area contributed by atoms with Crippen molar-refractivity contribution >= 4 is 28.1 Å². The lowest BCUT2D eigenvalue weighted by Gasteiger charge is -2.18. The van der Waals surface area contributed by atoms with E-state index in [0.717, 1.165) is 28.0 Å². The number of fused-ring (bicyclic) bond motifs is 1. The van der Waals surface area contributed by atoms with Crippen LogP contribution in [0.3, 0.4) is 0 Å². The zero-order valence-corrected chi connectivity index (χ0v) is 19.2. The van der Waals surface area contributed by atoms with Crippen molar-refractivity contribution in [2.75, 3.05) is 11.0 Å². The molecule has 2 atom stereocenters. The molecule has 1 N–H and O–H groups in total. The molecule has 0 radical (unpaired) electrons. The first-order chi connectivity index (χ1) is 14.8. The Balaban J connectivity index is 1.98. The van der Waals surface area contributed by atoms with E-state index in [4.69, 9.17) is 4.98 Å². The zero-order chi connectivity index (χ0) is 22.3. The van der Waals surface area contributed by atoms with Gasteiger partial charge in [-0.1, -0.05) is 30.3 Å². The summed E-state index contributed by atoms with van der Waals surface area (Å²) in [6, 6.07) is 16.3. The molecular weight excluding hydrogens is 408 g/mol. The predicted octanol–water partition coefficient (Wildman–Crippen LogP) is 4.33. The molecular formula is C24H26N4O2S. The van der Waals surface area contributed by atoms with E-state index in [1.807, 2.05) is 50.4 Å². The molecule has 2 aromatic heterocycles. The molecule has 0 aliphatic carbocycles. The molecule has 4 rings (SSSR count). The van der Waals surface area contributed by atoms with Crippen LogP contribution >= 0.6 is 0 Å². The summed E-state index contributed by atoms with van der Waals surface area (Å²) >= 11 is -1.25. The number of rotatable bonds is 5. The van der Waals surface area contributed by atoms with Gasteiger partial charge in [0.2, 0.25) is 0 Å². The second kappa shape index (κ2) is 8.24. The molecule has 0 aliphatic heterocycles. The van der Waals surface area contributed by atoms with Gasteiger partial charge in [0.05, 0.1) is 22.9 Å². The highest BCUT2D eigenvalue weighted by Gasteiger charge is 2.20. The predicted molar refractivity (Wildman–Crippen MR) is 128 cm³/mol. The third-order valence-corrected chi connectivity index (χ3v) is 6.10. The molecule has 0 fully saturated rings. The minimum atomic E-state index is -1.25. The minimum absolute atomic E-state index is 0.0172. The largest absolute Gasteiger partial charge is 0.593 e. The number of nitrogens with one attached hydrogen (secondary N) is 1. The van der Waals surface area contributed by atoms with E-state index in [0.29, 0.717) is 11.3 Å². The molecule has 6 nitrogen and oxygen atoms in total. The molecule has 31 heavy (non-hydrogen) atoms. The SMILES string of the molecule is Cc1cc(-c2cc(N[S+](C)[O-])c3nc(C)n(C(C)c4ccccc4)c3c2)cn(C)c1=O. The third-order valence-electron chi connectivity index (χ3n) is 5.59. The highest BCUT2D eigenvalue weighted by molar-refractivity contribution is 7.92. The highest BCUT2D eigenvalue weighted by atomic mass is 32.2. The average molecular weight is 435 g/mol. The van der Waals surface area contributed by atoms with Crippen LogP contribution in [0.2, 0.25) is 0 Å². The van der Waals surface area contributed by atoms with Gasteiger partial charge < -0.3 is 13.7 Å². The fraction of sp³-hybridized carbons (Fsp3) is 0.250. The normalized spacial score (nSPS) is 13.4. The fourth-order valence-electron chi connectivity index (χ4n) is 4.11. The molecule has 0 amide bonds. The molecule has 2 heterocycles. The van der Waals surface area contributed by atoms with Gasteiger partial charge in [0, 0.05) is 18.8 Å². The molecule has 2 unspecified atom stereocenters. The summed E-state index contributed by atoms with van der Waals surface area (Å²) in [4.78, 5) is 17.0. The Kier molecular flexibility index (Phi) is 5.64. The summed E-state index contributed by atoms with van der Waals surface area (Å²) in [5, 5.41) is 0. The van der Waals surface area contributed by atoms with Gasteiger partial charge in [0.15, 0.2) is 0 Å². The third kappa shape index (κ3) is 3.98. The van der Waals surface area contributed by atoms with E-state index in [1.165, 1.54) is 5.56 Å². The van der Waals surface area contributed by atoms with Gasteiger partial charge in [0.25, 0.3) is 5.56 Å². The Bertz CT molecular complexity index is 1280. The lowest BCUT2D eigenvalue weighted by molar-refractivity contribution is 0.606. The van der Waals surface area contributed by atoms with Crippen molar-refractivity contribution in [2.45, 2.75) is 26.8 Å². The molecule has 2 aromatic carbocycles. The van der Waals surface area contributed by atoms with E-state index in [-0.39, 0.29) is 11.6 Å². The number of aryl methyl sites for hydroxylation is 3. The number of nitrogens with zero attached hydrogens (tertiary/aromatic N) is 3. The van der Waals surface area contributed by atoms with Crippen LogP contribution in [-0.4, -0.2) is 24.9 Å². The van der Waals surface area contributed by atoms with E-state index in [9.17, 15) is 9.35 Å². The first kappa shape index (κ1) is 21.2. The number of pyridine rings is 1. The van der Waals surface area contributed by atoms with E-state index >= 15 is 0 Å². The highest BCUT2D eigenvalue weighted by Crippen LogP contribution is 2.34. The maximum atomic E-state index is 12.2. The Morgan fingerprint density at radius 2 is 1.81 bits per heavy atom. The zero-order valence-electron chi connectivity index (χ0n) is 18.3. The van der Waals surface area contributed by atoms with Crippen LogP contribution in [-0.2, 0) is 18.4 Å². The lowest BCUT2D eigenvalue weighted by Crippen LogP contribution is -2.18. The van der Waals surface area contributed by atoms with Crippen LogP contribution < -0.4 is 10.3 Å². The van der Waals surface area contributed by atoms with E-state index in [1.54, 1.807) is 17.9 Å². The van der Waals surface area contributed by atoms with Gasteiger partial charge in [-0.05, 0) is 55.7 Å². The summed E-state index contributed by atoms with van der Waals surface area (Å²) in [5.41, 5.74) is 6.13. The van der Waals surface area contributed by atoms with Crippen molar-refractivity contribution in [3.8, 4) is 11.1 Å². The fourth-order valence-corrected chi connectivity index (χ4v) is 4.58. The van der Waals surface area contributed by atoms with E-state index in [2.05, 4.69) is 34.4 Å². The van der Waals surface area contributed by atoms with E-state index < -0.39 is 11.4 Å². The first-order valence-electron chi connectivity index (χ1n) is 10.1. The number of imidazole rings is 1. The molecule has 0 aliphatic rings. The number of hydrogen-bond donors (Lipinski definition) is 1. The number of hydrogen-bond acceptors (Lipinski definition) is 4. The Labute approximate surface area is 184 Å². The summed E-state index contributed by atoms with van der Waals surface area (Å²) < 4.78 is 18.9. The van der Waals surface area contributed by atoms with Crippen LogP contribution in [0.15, 0.2) is 59.5 Å². The number of anilines is 1. The van der Waals surface area contributed by atoms with Gasteiger partial charge in [-0.2, -0.15) is 0 Å². The summed E-state index contributed by atoms with van der Waals surface area (Å²) in [6.07, 6.45) is 3.43. The Morgan fingerprint density at radius 1 is 1.10 bits per heavy atom. The first-order valence-corrected chi connectivity index (χ1v) is 11.7. The van der Waals surface area contributed by atoms with Gasteiger partial charge >= 0.3 is 0 Å². The van der Waals surface area contributed by atoms with Crippen molar-refractivity contribution in [2.24, 2.45) is 7.05 Å². The number of benzene rings is 2. The smallest absolute Gasteiger partial charge is 0.253 e. The molecule has 0 saturated heterocycles. The molecule has 0 bridgehead atoms. The van der Waals surface area contributed by atoms with Gasteiger partial charge in [-0.25, -0.2) is 9.71 Å². The van der Waals surface area contributed by atoms with Crippen LogP contribution in [0, 0.1) is 13.8 Å². The van der Waals surface area contributed by atoms with Crippen molar-refractivity contribution in [3.63, 3.8) is 0 Å². The monoisotopic (exact) mass is 434 g/mol. The van der Waals surface area contributed by atoms with Crippen LogP contribution in [0.25, 0.3) is 22.2 Å². The standard InChI is InChI=1S/C24H26N4O2S/c1-15-11-20(14-27(4)24(15)29)19-12-21(26-31(5)30)23-22(13-19)28(17(3)25-23)16(2)18-9-7-6-8-10-18/h6-14,16,26H,1-5H3. The Morgan fingerprint density at radius 3 is 2.45 bits per heavy atom. The quantitative estimate of drug-likeness (QED) is 0.474. The topological polar surface area (TPSA) is 74.9 Å². The van der Waals surface area contributed by atoms with Crippen LogP contribution in [0.1, 0.15) is 29.9 Å². The lowest BCUT2D eigenvalue weighted by atomic mass is 10.0. The van der Waals surface area contributed by atoms with Gasteiger partial charge in [0.1, 0.15) is 23.3 Å². The average Bonchev–Trinajstić information content (AvgIpc) is 3.07. The van der Waals surface area contributed by atoms with Crippen molar-refractivity contribution in [1.82, 2.24) is 14.1 Å². The van der Waals surface area contributed by atoms with Crippen molar-refractivity contribution in [3.05, 3.63) is 82.0 Å². The maximum Gasteiger partial charge on any atom is 0.253 e. The second-order valence-electron chi connectivity index (χ2n) is 7.89. The summed E-state index contributed by atoms with van der Waals surface area (Å²) in [5.74, 6) is 0.880. The minimum Gasteiger partial charge on any atom is -0.593 e. The summed E-state index contributed by atoms with van der Waals surface area (Å²) in [7, 11) is 1.75. The molecule has 160 valence electrons. The van der Waals surface area contributed by atoms with Crippen molar-refractivity contribution in [1.29, 1.82) is 0 Å². The Hall–Kier alpha value is -3.03. The molecule has 4 aromatic rings. The van der Waals surface area contributed by atoms with Gasteiger partial charge in [-0.15, -0.1) is 0 Å². The van der Waals surface area contributed by atoms with Crippen LogP contribution in [0.4, 0.5) is 5.69 Å². The van der Waals surface area contributed by atoms with Gasteiger partial charge in [-0.3, -0.25) is 4.79 Å². The van der Waals surface area contributed by atoms with Crippen LogP contribution in [0.5, 0.6) is 0 Å². The number of aromatic nitrogens is 3.